The van der Waals surface area contributed by atoms with Gasteiger partial charge >= 0.3 is 0 Å². The molecular formula is C30H38N4O2. The SMILES string of the molecule is CC(C)CN1C[C@@H](C(=O)NCCc2c[nH]c3ccccc23)C[C@@H](C(=O)Nc2ccc3c(c2)CCC3)C1. The van der Waals surface area contributed by atoms with Crippen LogP contribution in [0.4, 0.5) is 5.69 Å². The maximum Gasteiger partial charge on any atom is 0.228 e. The predicted octanol–water partition coefficient (Wildman–Crippen LogP) is 4.55. The maximum absolute atomic E-state index is 13.3. The molecule has 0 unspecified atom stereocenters. The first-order valence-electron chi connectivity index (χ1n) is 13.4. The Labute approximate surface area is 213 Å². The van der Waals surface area contributed by atoms with E-state index in [0.717, 1.165) is 37.0 Å². The van der Waals surface area contributed by atoms with E-state index in [2.05, 4.69) is 58.6 Å². The van der Waals surface area contributed by atoms with Crippen molar-refractivity contribution in [2.24, 2.45) is 17.8 Å². The molecule has 1 saturated heterocycles. The molecule has 0 bridgehead atoms. The maximum atomic E-state index is 13.3. The smallest absolute Gasteiger partial charge is 0.228 e. The predicted molar refractivity (Wildman–Crippen MR) is 145 cm³/mol. The molecule has 0 spiro atoms. The van der Waals surface area contributed by atoms with Crippen molar-refractivity contribution in [2.45, 2.75) is 46.0 Å². The van der Waals surface area contributed by atoms with Crippen LogP contribution in [0.25, 0.3) is 10.9 Å². The number of amides is 2. The molecule has 5 rings (SSSR count). The van der Waals surface area contributed by atoms with Gasteiger partial charge < -0.3 is 20.5 Å². The zero-order valence-electron chi connectivity index (χ0n) is 21.5. The molecule has 2 heterocycles. The number of hydrogen-bond donors (Lipinski definition) is 3. The van der Waals surface area contributed by atoms with Gasteiger partial charge in [0.15, 0.2) is 0 Å². The number of anilines is 1. The van der Waals surface area contributed by atoms with Crippen molar-refractivity contribution in [3.05, 3.63) is 65.4 Å². The summed E-state index contributed by atoms with van der Waals surface area (Å²) in [5.41, 5.74) is 5.96. The number of hydrogen-bond acceptors (Lipinski definition) is 3. The molecule has 6 heteroatoms. The number of piperidine rings is 1. The summed E-state index contributed by atoms with van der Waals surface area (Å²) in [5, 5.41) is 7.51. The Hall–Kier alpha value is -3.12. The van der Waals surface area contributed by atoms with Crippen LogP contribution in [0.15, 0.2) is 48.7 Å². The number of carbonyl (C=O) groups is 2. The van der Waals surface area contributed by atoms with E-state index in [1.54, 1.807) is 0 Å². The molecule has 2 amide bonds. The van der Waals surface area contributed by atoms with Crippen LogP contribution in [-0.2, 0) is 28.9 Å². The van der Waals surface area contributed by atoms with Crippen molar-refractivity contribution in [3.8, 4) is 0 Å². The molecule has 3 N–H and O–H groups in total. The fourth-order valence-corrected chi connectivity index (χ4v) is 5.93. The molecule has 2 atom stereocenters. The highest BCUT2D eigenvalue weighted by molar-refractivity contribution is 5.93. The minimum Gasteiger partial charge on any atom is -0.361 e. The standard InChI is InChI=1S/C30H38N4O2/c1-20(2)17-34-18-24(29(35)31-13-12-23-16-32-28-9-4-3-8-27(23)28)14-25(19-34)30(36)33-26-11-10-21-6-5-7-22(21)15-26/h3-4,8-11,15-16,20,24-25,32H,5-7,12-14,17-19H2,1-2H3,(H,31,35)(H,33,36)/t24-,25+/m0/s1. The summed E-state index contributed by atoms with van der Waals surface area (Å²) in [6.07, 6.45) is 6.81. The summed E-state index contributed by atoms with van der Waals surface area (Å²) in [7, 11) is 0. The number of fused-ring (bicyclic) bond motifs is 2. The van der Waals surface area contributed by atoms with E-state index in [9.17, 15) is 9.59 Å². The number of likely N-dealkylation sites (tertiary alicyclic amines) is 1. The minimum absolute atomic E-state index is 0.0259. The quantitative estimate of drug-likeness (QED) is 0.437. The normalized spacial score (nSPS) is 20.0. The minimum atomic E-state index is -0.199. The number of aromatic nitrogens is 1. The molecule has 190 valence electrons. The van der Waals surface area contributed by atoms with Gasteiger partial charge in [-0.1, -0.05) is 38.1 Å². The molecule has 1 aliphatic carbocycles. The number of carbonyl (C=O) groups excluding carboxylic acids is 2. The molecule has 1 aromatic heterocycles. The van der Waals surface area contributed by atoms with Crippen LogP contribution in [-0.4, -0.2) is 47.9 Å². The van der Waals surface area contributed by atoms with E-state index in [1.165, 1.54) is 28.5 Å². The fraction of sp³-hybridized carbons (Fsp3) is 0.467. The van der Waals surface area contributed by atoms with Gasteiger partial charge in [-0.25, -0.2) is 0 Å². The van der Waals surface area contributed by atoms with Crippen LogP contribution in [0.5, 0.6) is 0 Å². The number of rotatable bonds is 8. The van der Waals surface area contributed by atoms with E-state index < -0.39 is 0 Å². The largest absolute Gasteiger partial charge is 0.361 e. The van der Waals surface area contributed by atoms with Gasteiger partial charge in [-0.15, -0.1) is 0 Å². The summed E-state index contributed by atoms with van der Waals surface area (Å²) in [5.74, 6) is 0.178. The highest BCUT2D eigenvalue weighted by atomic mass is 16.2. The lowest BCUT2D eigenvalue weighted by atomic mass is 9.87. The van der Waals surface area contributed by atoms with Crippen molar-refractivity contribution >= 4 is 28.4 Å². The van der Waals surface area contributed by atoms with Crippen molar-refractivity contribution in [2.75, 3.05) is 31.5 Å². The second kappa shape index (κ2) is 10.9. The number of benzene rings is 2. The average Bonchev–Trinajstić information content (AvgIpc) is 3.50. The monoisotopic (exact) mass is 486 g/mol. The van der Waals surface area contributed by atoms with Gasteiger partial charge in [-0.05, 0) is 72.9 Å². The van der Waals surface area contributed by atoms with Crippen LogP contribution < -0.4 is 10.6 Å². The molecule has 0 saturated carbocycles. The van der Waals surface area contributed by atoms with E-state index >= 15 is 0 Å². The van der Waals surface area contributed by atoms with Gasteiger partial charge in [0, 0.05) is 49.0 Å². The van der Waals surface area contributed by atoms with E-state index in [-0.39, 0.29) is 23.7 Å². The van der Waals surface area contributed by atoms with Crippen LogP contribution in [0.2, 0.25) is 0 Å². The van der Waals surface area contributed by atoms with Gasteiger partial charge in [0.1, 0.15) is 0 Å². The van der Waals surface area contributed by atoms with Crippen LogP contribution in [0.3, 0.4) is 0 Å². The van der Waals surface area contributed by atoms with E-state index in [1.807, 2.05) is 24.4 Å². The number of H-pyrrole nitrogens is 1. The number of aryl methyl sites for hydroxylation is 2. The first-order valence-corrected chi connectivity index (χ1v) is 13.4. The molecule has 2 aromatic carbocycles. The third-order valence-electron chi connectivity index (χ3n) is 7.63. The Morgan fingerprint density at radius 1 is 1.03 bits per heavy atom. The number of nitrogens with zero attached hydrogens (tertiary/aromatic N) is 1. The summed E-state index contributed by atoms with van der Waals surface area (Å²) in [4.78, 5) is 32.1. The summed E-state index contributed by atoms with van der Waals surface area (Å²) in [6, 6.07) is 14.5. The van der Waals surface area contributed by atoms with Crippen LogP contribution in [0.1, 0.15) is 43.4 Å². The second-order valence-corrected chi connectivity index (χ2v) is 11.0. The molecule has 2 aliphatic rings. The molecule has 6 nitrogen and oxygen atoms in total. The first-order chi connectivity index (χ1) is 17.5. The van der Waals surface area contributed by atoms with Gasteiger partial charge in [0.25, 0.3) is 0 Å². The highest BCUT2D eigenvalue weighted by Gasteiger charge is 2.35. The van der Waals surface area contributed by atoms with Crippen molar-refractivity contribution in [3.63, 3.8) is 0 Å². The molecule has 1 aliphatic heterocycles. The van der Waals surface area contributed by atoms with Gasteiger partial charge in [0.05, 0.1) is 11.8 Å². The Bertz CT molecular complexity index is 1230. The van der Waals surface area contributed by atoms with E-state index in [0.29, 0.717) is 32.0 Å². The Morgan fingerprint density at radius 3 is 2.64 bits per heavy atom. The van der Waals surface area contributed by atoms with Crippen molar-refractivity contribution in [1.82, 2.24) is 15.2 Å². The summed E-state index contributed by atoms with van der Waals surface area (Å²) in [6.45, 7) is 7.26. The van der Waals surface area contributed by atoms with Crippen molar-refractivity contribution < 1.29 is 9.59 Å². The van der Waals surface area contributed by atoms with E-state index in [4.69, 9.17) is 0 Å². The third-order valence-corrected chi connectivity index (χ3v) is 7.63. The van der Waals surface area contributed by atoms with Gasteiger partial charge in [-0.2, -0.15) is 0 Å². The lowest BCUT2D eigenvalue weighted by Gasteiger charge is -2.37. The third kappa shape index (κ3) is 5.65. The fourth-order valence-electron chi connectivity index (χ4n) is 5.93. The molecular weight excluding hydrogens is 448 g/mol. The van der Waals surface area contributed by atoms with Gasteiger partial charge in [0.2, 0.25) is 11.8 Å². The molecule has 1 fully saturated rings. The number of aromatic amines is 1. The molecule has 36 heavy (non-hydrogen) atoms. The summed E-state index contributed by atoms with van der Waals surface area (Å²) >= 11 is 0. The summed E-state index contributed by atoms with van der Waals surface area (Å²) < 4.78 is 0. The molecule has 3 aromatic rings. The van der Waals surface area contributed by atoms with Crippen molar-refractivity contribution in [1.29, 1.82) is 0 Å². The average molecular weight is 487 g/mol. The van der Waals surface area contributed by atoms with Gasteiger partial charge in [-0.3, -0.25) is 9.59 Å². The number of nitrogens with one attached hydrogen (secondary N) is 3. The zero-order valence-corrected chi connectivity index (χ0v) is 21.5. The lowest BCUT2D eigenvalue weighted by molar-refractivity contribution is -0.130. The first kappa shape index (κ1) is 24.6. The molecule has 0 radical (unpaired) electrons. The number of para-hydroxylation sites is 1. The second-order valence-electron chi connectivity index (χ2n) is 11.0. The van der Waals surface area contributed by atoms with Crippen LogP contribution >= 0.6 is 0 Å². The Kier molecular flexibility index (Phi) is 7.42. The Balaban J connectivity index is 1.20. The topological polar surface area (TPSA) is 77.2 Å². The van der Waals surface area contributed by atoms with Crippen LogP contribution in [0, 0.1) is 17.8 Å². The zero-order chi connectivity index (χ0) is 25.1. The highest BCUT2D eigenvalue weighted by Crippen LogP contribution is 2.28. The Morgan fingerprint density at radius 2 is 1.81 bits per heavy atom. The lowest BCUT2D eigenvalue weighted by Crippen LogP contribution is -2.50.